The van der Waals surface area contributed by atoms with Crippen molar-refractivity contribution in [2.24, 2.45) is 5.92 Å². The summed E-state index contributed by atoms with van der Waals surface area (Å²) in [7, 11) is 1.66. The summed E-state index contributed by atoms with van der Waals surface area (Å²) in [6.45, 7) is 2.17. The number of hydrogen-bond acceptors (Lipinski definition) is 6. The molecule has 8 nitrogen and oxygen atoms in total. The molecule has 10 heteroatoms. The van der Waals surface area contributed by atoms with Crippen molar-refractivity contribution in [3.63, 3.8) is 0 Å². The molecule has 2 amide bonds. The number of likely N-dealkylation sites (tertiary alicyclic amines) is 1. The highest BCUT2D eigenvalue weighted by molar-refractivity contribution is 6.30. The van der Waals surface area contributed by atoms with Gasteiger partial charge in [-0.15, -0.1) is 0 Å². The second-order valence-electron chi connectivity index (χ2n) is 10.2. The SMILES string of the molecule is CN(C(=O)Oc1ccc(F)cc1)C1CN(C(=O)C2CCN(c3cccc(C#N)n3)CC2)CC1c1ccc(Cl)cc1. The van der Waals surface area contributed by atoms with Crippen LogP contribution in [0.25, 0.3) is 0 Å². The summed E-state index contributed by atoms with van der Waals surface area (Å²) in [6, 6.07) is 19.9. The zero-order valence-electron chi connectivity index (χ0n) is 22.0. The van der Waals surface area contributed by atoms with Crippen LogP contribution in [-0.4, -0.2) is 66.1 Å². The molecule has 1 aromatic heterocycles. The number of benzene rings is 2. The van der Waals surface area contributed by atoms with Gasteiger partial charge < -0.3 is 19.4 Å². The van der Waals surface area contributed by atoms with Crippen molar-refractivity contribution < 1.29 is 18.7 Å². The van der Waals surface area contributed by atoms with Gasteiger partial charge in [0.15, 0.2) is 0 Å². The van der Waals surface area contributed by atoms with Crippen LogP contribution < -0.4 is 9.64 Å². The quantitative estimate of drug-likeness (QED) is 0.431. The summed E-state index contributed by atoms with van der Waals surface area (Å²) in [4.78, 5) is 36.6. The first kappa shape index (κ1) is 27.4. The van der Waals surface area contributed by atoms with Gasteiger partial charge in [-0.05, 0) is 66.9 Å². The monoisotopic (exact) mass is 561 g/mol. The molecule has 2 unspecified atom stereocenters. The summed E-state index contributed by atoms with van der Waals surface area (Å²) in [5, 5.41) is 9.77. The fourth-order valence-corrected chi connectivity index (χ4v) is 5.61. The number of halogens is 2. The molecule has 0 spiro atoms. The van der Waals surface area contributed by atoms with Crippen LogP contribution in [0, 0.1) is 23.1 Å². The molecular weight excluding hydrogens is 533 g/mol. The molecule has 2 aliphatic rings. The Bertz CT molecular complexity index is 1400. The van der Waals surface area contributed by atoms with Crippen molar-refractivity contribution in [3.8, 4) is 11.8 Å². The van der Waals surface area contributed by atoms with E-state index in [1.807, 2.05) is 29.2 Å². The third kappa shape index (κ3) is 6.02. The number of likely N-dealkylation sites (N-methyl/N-ethyl adjacent to an activating group) is 1. The molecule has 206 valence electrons. The Morgan fingerprint density at radius 3 is 2.42 bits per heavy atom. The minimum absolute atomic E-state index is 0.0696. The lowest BCUT2D eigenvalue weighted by Gasteiger charge is -2.34. The maximum absolute atomic E-state index is 13.7. The molecule has 3 aromatic rings. The van der Waals surface area contributed by atoms with Gasteiger partial charge in [0.25, 0.3) is 0 Å². The number of rotatable bonds is 5. The molecule has 2 saturated heterocycles. The van der Waals surface area contributed by atoms with Crippen LogP contribution in [0.3, 0.4) is 0 Å². The number of hydrogen-bond donors (Lipinski definition) is 0. The highest BCUT2D eigenvalue weighted by Crippen LogP contribution is 2.34. The van der Waals surface area contributed by atoms with E-state index in [1.54, 1.807) is 25.2 Å². The highest BCUT2D eigenvalue weighted by atomic mass is 35.5. The number of ether oxygens (including phenoxy) is 1. The summed E-state index contributed by atoms with van der Waals surface area (Å²) >= 11 is 6.12. The van der Waals surface area contributed by atoms with Gasteiger partial charge in [0.05, 0.1) is 6.04 Å². The molecule has 2 aromatic carbocycles. The molecule has 2 fully saturated rings. The number of carbonyl (C=O) groups is 2. The van der Waals surface area contributed by atoms with Crippen molar-refractivity contribution in [1.82, 2.24) is 14.8 Å². The average Bonchev–Trinajstić information content (AvgIpc) is 3.43. The van der Waals surface area contributed by atoms with Crippen LogP contribution in [0.2, 0.25) is 5.02 Å². The molecule has 40 heavy (non-hydrogen) atoms. The van der Waals surface area contributed by atoms with E-state index in [1.165, 1.54) is 29.2 Å². The number of nitriles is 1. The topological polar surface area (TPSA) is 89.8 Å². The second-order valence-corrected chi connectivity index (χ2v) is 10.6. The Balaban J connectivity index is 1.28. The van der Waals surface area contributed by atoms with Gasteiger partial charge in [0, 0.05) is 50.1 Å². The molecule has 3 heterocycles. The molecule has 0 radical (unpaired) electrons. The van der Waals surface area contributed by atoms with Crippen LogP contribution in [0.1, 0.15) is 30.0 Å². The van der Waals surface area contributed by atoms with E-state index in [-0.39, 0.29) is 29.5 Å². The molecule has 2 aliphatic heterocycles. The Labute approximate surface area is 237 Å². The predicted octanol–water partition coefficient (Wildman–Crippen LogP) is 5.09. The van der Waals surface area contributed by atoms with Gasteiger partial charge in [0.1, 0.15) is 29.1 Å². The Kier molecular flexibility index (Phi) is 8.17. The standard InChI is InChI=1S/C30H29ClFN5O3/c1-35(30(39)40-25-11-9-23(32)10-12-25)27-19-37(18-26(27)20-5-7-22(31)8-6-20)29(38)21-13-15-36(16-14-21)28-4-2-3-24(17-33)34-28/h2-12,21,26-27H,13-16,18-19H2,1H3. The molecule has 0 bridgehead atoms. The number of aromatic nitrogens is 1. The van der Waals surface area contributed by atoms with Crippen LogP contribution >= 0.6 is 11.6 Å². The second kappa shape index (κ2) is 11.9. The number of nitrogens with zero attached hydrogens (tertiary/aromatic N) is 5. The molecule has 5 rings (SSSR count). The van der Waals surface area contributed by atoms with Gasteiger partial charge in [-0.1, -0.05) is 29.8 Å². The third-order valence-corrected chi connectivity index (χ3v) is 7.97. The smallest absolute Gasteiger partial charge is 0.410 e. The Morgan fingerprint density at radius 1 is 1.05 bits per heavy atom. The van der Waals surface area contributed by atoms with Crippen molar-refractivity contribution in [1.29, 1.82) is 5.26 Å². The van der Waals surface area contributed by atoms with E-state index < -0.39 is 11.9 Å². The van der Waals surface area contributed by atoms with E-state index in [0.717, 1.165) is 11.4 Å². The van der Waals surface area contributed by atoms with Gasteiger partial charge in [-0.25, -0.2) is 14.2 Å². The summed E-state index contributed by atoms with van der Waals surface area (Å²) in [5.41, 5.74) is 1.35. The highest BCUT2D eigenvalue weighted by Gasteiger charge is 2.42. The molecule has 2 atom stereocenters. The van der Waals surface area contributed by atoms with Crippen LogP contribution in [0.4, 0.5) is 15.0 Å². The predicted molar refractivity (Wildman–Crippen MR) is 149 cm³/mol. The summed E-state index contributed by atoms with van der Waals surface area (Å²) in [5.74, 6) is 0.365. The number of piperidine rings is 1. The third-order valence-electron chi connectivity index (χ3n) is 7.72. The van der Waals surface area contributed by atoms with Crippen molar-refractivity contribution in [2.45, 2.75) is 24.8 Å². The number of anilines is 1. The van der Waals surface area contributed by atoms with E-state index >= 15 is 0 Å². The summed E-state index contributed by atoms with van der Waals surface area (Å²) < 4.78 is 18.8. The van der Waals surface area contributed by atoms with E-state index in [9.17, 15) is 14.0 Å². The fraction of sp³-hybridized carbons (Fsp3) is 0.333. The molecule has 0 N–H and O–H groups in total. The normalized spacial score (nSPS) is 19.2. The number of carbonyl (C=O) groups excluding carboxylic acids is 2. The van der Waals surface area contributed by atoms with Gasteiger partial charge in [-0.3, -0.25) is 4.79 Å². The first-order valence-corrected chi connectivity index (χ1v) is 13.6. The largest absolute Gasteiger partial charge is 0.415 e. The average molecular weight is 562 g/mol. The van der Waals surface area contributed by atoms with Gasteiger partial charge >= 0.3 is 6.09 Å². The Hall–Kier alpha value is -4.16. The van der Waals surface area contributed by atoms with Crippen molar-refractivity contribution in [2.75, 3.05) is 38.1 Å². The van der Waals surface area contributed by atoms with Crippen LogP contribution in [0.5, 0.6) is 5.75 Å². The zero-order valence-corrected chi connectivity index (χ0v) is 22.8. The van der Waals surface area contributed by atoms with Gasteiger partial charge in [-0.2, -0.15) is 5.26 Å². The van der Waals surface area contributed by atoms with Crippen LogP contribution in [-0.2, 0) is 4.79 Å². The van der Waals surface area contributed by atoms with E-state index in [0.29, 0.717) is 49.7 Å². The molecule has 0 aliphatic carbocycles. The maximum atomic E-state index is 13.7. The van der Waals surface area contributed by atoms with E-state index in [2.05, 4.69) is 16.0 Å². The fourth-order valence-electron chi connectivity index (χ4n) is 5.48. The lowest BCUT2D eigenvalue weighted by Crippen LogP contribution is -2.45. The van der Waals surface area contributed by atoms with Crippen molar-refractivity contribution in [3.05, 3.63) is 88.8 Å². The minimum atomic E-state index is -0.578. The number of pyridine rings is 1. The first-order chi connectivity index (χ1) is 19.3. The maximum Gasteiger partial charge on any atom is 0.415 e. The molecule has 0 saturated carbocycles. The molecular formula is C30H29ClFN5O3. The van der Waals surface area contributed by atoms with Gasteiger partial charge in [0.2, 0.25) is 5.91 Å². The summed E-state index contributed by atoms with van der Waals surface area (Å²) in [6.07, 6.45) is 0.768. The van der Waals surface area contributed by atoms with E-state index in [4.69, 9.17) is 21.6 Å². The number of amides is 2. The Morgan fingerprint density at radius 2 is 1.75 bits per heavy atom. The lowest BCUT2D eigenvalue weighted by molar-refractivity contribution is -0.135. The van der Waals surface area contributed by atoms with Crippen LogP contribution in [0.15, 0.2) is 66.7 Å². The first-order valence-electron chi connectivity index (χ1n) is 13.2. The lowest BCUT2D eigenvalue weighted by atomic mass is 9.93. The van der Waals surface area contributed by atoms with Crippen molar-refractivity contribution >= 4 is 29.4 Å². The zero-order chi connectivity index (χ0) is 28.2. The minimum Gasteiger partial charge on any atom is -0.410 e.